The van der Waals surface area contributed by atoms with Crippen LogP contribution in [0.25, 0.3) is 0 Å². The number of hydrogen-bond donors (Lipinski definition) is 1. The largest absolute Gasteiger partial charge is 0.323 e. The van der Waals surface area contributed by atoms with Crippen LogP contribution in [0.3, 0.4) is 0 Å². The van der Waals surface area contributed by atoms with Crippen LogP contribution in [0.4, 0.5) is 0 Å². The molecule has 2 N–H and O–H groups in total. The lowest BCUT2D eigenvalue weighted by molar-refractivity contribution is 0.394. The van der Waals surface area contributed by atoms with Gasteiger partial charge >= 0.3 is 0 Å². The van der Waals surface area contributed by atoms with Crippen LogP contribution in [0.1, 0.15) is 57.7 Å². The molecule has 0 radical (unpaired) electrons. The molecule has 0 aliphatic heterocycles. The maximum Gasteiger partial charge on any atom is 0.0571 e. The third-order valence-corrected chi connectivity index (χ3v) is 5.05. The minimum Gasteiger partial charge on any atom is -0.323 e. The molecule has 0 saturated heterocycles. The second-order valence-electron chi connectivity index (χ2n) is 5.45. The van der Waals surface area contributed by atoms with Gasteiger partial charge in [-0.1, -0.05) is 26.7 Å². The molecule has 0 aromatic carbocycles. The van der Waals surface area contributed by atoms with E-state index in [1.807, 2.05) is 18.0 Å². The Bertz CT molecular complexity index is 363. The Hall–Kier alpha value is -0.540. The first-order valence-electron chi connectivity index (χ1n) is 7.07. The molecule has 0 spiro atoms. The van der Waals surface area contributed by atoms with E-state index >= 15 is 0 Å². The molecule has 18 heavy (non-hydrogen) atoms. The van der Waals surface area contributed by atoms with Gasteiger partial charge in [0.1, 0.15) is 0 Å². The topological polar surface area (TPSA) is 38.9 Å². The van der Waals surface area contributed by atoms with Gasteiger partial charge < -0.3 is 5.73 Å². The number of rotatable bonds is 4. The molecule has 1 aliphatic rings. The maximum atomic E-state index is 5.98. The van der Waals surface area contributed by atoms with E-state index in [4.69, 9.17) is 5.73 Å². The third-order valence-electron chi connectivity index (χ3n) is 3.77. The summed E-state index contributed by atoms with van der Waals surface area (Å²) in [6.45, 7) is 4.47. The molecule has 1 fully saturated rings. The van der Waals surface area contributed by atoms with Crippen molar-refractivity contribution in [3.05, 3.63) is 24.0 Å². The number of nitrogens with zero attached hydrogens (tertiary/aromatic N) is 1. The van der Waals surface area contributed by atoms with E-state index in [0.29, 0.717) is 0 Å². The van der Waals surface area contributed by atoms with Crippen LogP contribution in [-0.2, 0) is 0 Å². The van der Waals surface area contributed by atoms with Crippen molar-refractivity contribution in [3.8, 4) is 0 Å². The van der Waals surface area contributed by atoms with Crippen molar-refractivity contribution in [1.29, 1.82) is 0 Å². The summed E-state index contributed by atoms with van der Waals surface area (Å²) in [5.74, 6) is 0.886. The minimum absolute atomic E-state index is 0.0822. The number of aromatic nitrogens is 1. The van der Waals surface area contributed by atoms with Gasteiger partial charge in [-0.05, 0) is 37.3 Å². The lowest BCUT2D eigenvalue weighted by Gasteiger charge is -2.26. The summed E-state index contributed by atoms with van der Waals surface area (Å²) in [5.41, 5.74) is 6.99. The molecule has 2 nitrogen and oxygen atoms in total. The SMILES string of the molecule is CCC(N)c1ccc(SC2CCCC(C)C2)cn1. The van der Waals surface area contributed by atoms with Gasteiger partial charge in [-0.25, -0.2) is 0 Å². The van der Waals surface area contributed by atoms with E-state index in [1.165, 1.54) is 30.6 Å². The molecule has 3 atom stereocenters. The van der Waals surface area contributed by atoms with Crippen LogP contribution in [0.5, 0.6) is 0 Å². The molecule has 0 amide bonds. The molecular weight excluding hydrogens is 240 g/mol. The zero-order valence-electron chi connectivity index (χ0n) is 11.4. The molecule has 1 heterocycles. The molecule has 2 rings (SSSR count). The fourth-order valence-corrected chi connectivity index (χ4v) is 3.92. The van der Waals surface area contributed by atoms with Gasteiger partial charge in [0.05, 0.1) is 5.69 Å². The first-order valence-corrected chi connectivity index (χ1v) is 7.95. The zero-order valence-corrected chi connectivity index (χ0v) is 12.2. The highest BCUT2D eigenvalue weighted by molar-refractivity contribution is 8.00. The molecule has 1 saturated carbocycles. The number of thioether (sulfide) groups is 1. The van der Waals surface area contributed by atoms with Crippen molar-refractivity contribution in [3.63, 3.8) is 0 Å². The van der Waals surface area contributed by atoms with Crippen molar-refractivity contribution >= 4 is 11.8 Å². The van der Waals surface area contributed by atoms with Crippen molar-refractivity contribution < 1.29 is 0 Å². The monoisotopic (exact) mass is 264 g/mol. The van der Waals surface area contributed by atoms with Gasteiger partial charge in [0.15, 0.2) is 0 Å². The highest BCUT2D eigenvalue weighted by Gasteiger charge is 2.19. The summed E-state index contributed by atoms with van der Waals surface area (Å²) in [6, 6.07) is 4.35. The lowest BCUT2D eigenvalue weighted by Crippen LogP contribution is -2.15. The second kappa shape index (κ2) is 6.58. The number of pyridine rings is 1. The Morgan fingerprint density at radius 2 is 2.28 bits per heavy atom. The van der Waals surface area contributed by atoms with Crippen LogP contribution in [0.15, 0.2) is 23.2 Å². The van der Waals surface area contributed by atoms with E-state index in [0.717, 1.165) is 23.3 Å². The molecular formula is C15H24N2S. The Morgan fingerprint density at radius 3 is 2.89 bits per heavy atom. The van der Waals surface area contributed by atoms with Crippen LogP contribution in [0.2, 0.25) is 0 Å². The highest BCUT2D eigenvalue weighted by Crippen LogP contribution is 2.35. The summed E-state index contributed by atoms with van der Waals surface area (Å²) in [4.78, 5) is 5.78. The molecule has 1 aliphatic carbocycles. The zero-order chi connectivity index (χ0) is 13.0. The van der Waals surface area contributed by atoms with Gasteiger partial charge in [0.2, 0.25) is 0 Å². The highest BCUT2D eigenvalue weighted by atomic mass is 32.2. The van der Waals surface area contributed by atoms with Gasteiger partial charge in [0.25, 0.3) is 0 Å². The lowest BCUT2D eigenvalue weighted by atomic mass is 9.91. The van der Waals surface area contributed by atoms with Crippen molar-refractivity contribution in [2.75, 3.05) is 0 Å². The summed E-state index contributed by atoms with van der Waals surface area (Å²) in [7, 11) is 0. The third kappa shape index (κ3) is 3.72. The first kappa shape index (κ1) is 13.9. The van der Waals surface area contributed by atoms with Gasteiger partial charge in [-0.2, -0.15) is 0 Å². The number of nitrogens with two attached hydrogens (primary N) is 1. The standard InChI is InChI=1S/C15H24N2S/c1-3-14(16)15-8-7-13(10-17-15)18-12-6-4-5-11(2)9-12/h7-8,10-12,14H,3-6,9,16H2,1-2H3. The van der Waals surface area contributed by atoms with E-state index in [9.17, 15) is 0 Å². The van der Waals surface area contributed by atoms with Crippen LogP contribution < -0.4 is 5.73 Å². The molecule has 3 heteroatoms. The number of hydrogen-bond acceptors (Lipinski definition) is 3. The quantitative estimate of drug-likeness (QED) is 0.887. The summed E-state index contributed by atoms with van der Waals surface area (Å²) >= 11 is 1.99. The minimum atomic E-state index is 0.0822. The van der Waals surface area contributed by atoms with Crippen molar-refractivity contribution in [2.45, 2.75) is 62.1 Å². The first-order chi connectivity index (χ1) is 8.69. The van der Waals surface area contributed by atoms with Gasteiger partial charge in [-0.3, -0.25) is 4.98 Å². The molecule has 3 unspecified atom stereocenters. The van der Waals surface area contributed by atoms with Crippen molar-refractivity contribution in [2.24, 2.45) is 11.7 Å². The Morgan fingerprint density at radius 1 is 1.44 bits per heavy atom. The van der Waals surface area contributed by atoms with Crippen LogP contribution in [-0.4, -0.2) is 10.2 Å². The normalized spacial score (nSPS) is 25.9. The predicted octanol–water partition coefficient (Wildman–Crippen LogP) is 4.16. The summed E-state index contributed by atoms with van der Waals surface area (Å²) in [5, 5.41) is 0.779. The Labute approximate surface area is 115 Å². The van der Waals surface area contributed by atoms with Crippen LogP contribution in [0, 0.1) is 5.92 Å². The fraction of sp³-hybridized carbons (Fsp3) is 0.667. The maximum absolute atomic E-state index is 5.98. The predicted molar refractivity (Wildman–Crippen MR) is 78.7 cm³/mol. The Kier molecular flexibility index (Phi) is 5.07. The van der Waals surface area contributed by atoms with Gasteiger partial charge in [0, 0.05) is 22.4 Å². The average Bonchev–Trinajstić information content (AvgIpc) is 2.39. The fourth-order valence-electron chi connectivity index (χ4n) is 2.57. The molecule has 100 valence electrons. The smallest absolute Gasteiger partial charge is 0.0571 e. The second-order valence-corrected chi connectivity index (χ2v) is 6.82. The van der Waals surface area contributed by atoms with E-state index in [2.05, 4.69) is 31.0 Å². The molecule has 1 aromatic heterocycles. The molecule has 1 aromatic rings. The van der Waals surface area contributed by atoms with Gasteiger partial charge in [-0.15, -0.1) is 11.8 Å². The summed E-state index contributed by atoms with van der Waals surface area (Å²) in [6.07, 6.45) is 8.42. The van der Waals surface area contributed by atoms with Crippen molar-refractivity contribution in [1.82, 2.24) is 4.98 Å². The van der Waals surface area contributed by atoms with E-state index in [1.54, 1.807) is 0 Å². The summed E-state index contributed by atoms with van der Waals surface area (Å²) < 4.78 is 0. The Balaban J connectivity index is 1.93. The molecule has 0 bridgehead atoms. The van der Waals surface area contributed by atoms with Crippen LogP contribution >= 0.6 is 11.8 Å². The van der Waals surface area contributed by atoms with E-state index < -0.39 is 0 Å². The average molecular weight is 264 g/mol. The van der Waals surface area contributed by atoms with E-state index in [-0.39, 0.29) is 6.04 Å².